The molecule has 0 aromatic rings. The third-order valence-corrected chi connectivity index (χ3v) is 6.10. The van der Waals surface area contributed by atoms with Crippen molar-refractivity contribution in [2.24, 2.45) is 0 Å². The second kappa shape index (κ2) is 8.11. The second-order valence-corrected chi connectivity index (χ2v) is 8.58. The summed E-state index contributed by atoms with van der Waals surface area (Å²) in [4.78, 5) is 0. The fraction of sp³-hybridized carbons (Fsp3) is 1.00. The number of hydrogen-bond acceptors (Lipinski definition) is 3. The zero-order valence-electron chi connectivity index (χ0n) is 13.1. The van der Waals surface area contributed by atoms with Gasteiger partial charge in [-0.3, -0.25) is 4.57 Å². The van der Waals surface area contributed by atoms with Crippen LogP contribution in [0.1, 0.15) is 34.1 Å². The van der Waals surface area contributed by atoms with Gasteiger partial charge in [0.05, 0.1) is 18.8 Å². The van der Waals surface area contributed by atoms with E-state index >= 15 is 0 Å². The summed E-state index contributed by atoms with van der Waals surface area (Å²) in [6, 6.07) is 0. The van der Waals surface area contributed by atoms with Crippen LogP contribution in [0.5, 0.6) is 0 Å². The minimum Gasteiger partial charge on any atom is -0.379 e. The molecule has 1 heterocycles. The van der Waals surface area contributed by atoms with Gasteiger partial charge in [0.1, 0.15) is 0 Å². The van der Waals surface area contributed by atoms with Crippen molar-refractivity contribution in [1.82, 2.24) is 9.34 Å². The molecule has 1 atom stereocenters. The van der Waals surface area contributed by atoms with Gasteiger partial charge in [-0.25, -0.2) is 9.34 Å². The number of halogens is 1. The van der Waals surface area contributed by atoms with E-state index in [0.29, 0.717) is 38.7 Å². The van der Waals surface area contributed by atoms with Gasteiger partial charge < -0.3 is 9.26 Å². The van der Waals surface area contributed by atoms with E-state index in [4.69, 9.17) is 20.9 Å². The fourth-order valence-corrected chi connectivity index (χ4v) is 5.28. The molecule has 1 fully saturated rings. The van der Waals surface area contributed by atoms with Crippen LogP contribution in [0.4, 0.5) is 0 Å². The zero-order valence-corrected chi connectivity index (χ0v) is 14.8. The van der Waals surface area contributed by atoms with E-state index in [1.807, 2.05) is 30.1 Å². The monoisotopic (exact) mass is 326 g/mol. The molecule has 1 rings (SSSR count). The highest BCUT2D eigenvalue weighted by atomic mass is 35.5. The molecule has 0 aromatic carbocycles. The molecule has 1 saturated heterocycles. The van der Waals surface area contributed by atoms with Crippen molar-refractivity contribution in [2.45, 2.75) is 39.7 Å². The summed E-state index contributed by atoms with van der Waals surface area (Å²) >= 11 is 5.89. The van der Waals surface area contributed by atoms with Crippen LogP contribution in [0.15, 0.2) is 0 Å². The van der Waals surface area contributed by atoms with Crippen LogP contribution in [0.2, 0.25) is 0 Å². The molecule has 0 bridgehead atoms. The maximum atomic E-state index is 13.6. The number of ether oxygens (including phenoxy) is 1. The number of alkyl halides is 1. The number of nitrogens with zero attached hydrogens (tertiary/aromatic N) is 2. The summed E-state index contributed by atoms with van der Waals surface area (Å²) in [7, 11) is -3.06. The summed E-state index contributed by atoms with van der Waals surface area (Å²) < 4.78 is 28.8. The highest BCUT2D eigenvalue weighted by Gasteiger charge is 2.41. The Hall–Kier alpha value is 0.360. The van der Waals surface area contributed by atoms with Gasteiger partial charge in [0.2, 0.25) is 0 Å². The SMILES string of the molecule is CCCN(CCCl)P(=O)(OC(C)(C)C)N1CCOCC1. The standard InChI is InChI=1S/C13H28ClN2O3P/c1-5-7-15(8-6-14)20(17,19-13(2,3)4)16-9-11-18-12-10-16/h5-12H2,1-4H3. The molecule has 1 unspecified atom stereocenters. The van der Waals surface area contributed by atoms with Crippen LogP contribution in [0.3, 0.4) is 0 Å². The molecule has 0 aromatic heterocycles. The lowest BCUT2D eigenvalue weighted by molar-refractivity contribution is 0.0403. The highest BCUT2D eigenvalue weighted by molar-refractivity contribution is 7.54. The Morgan fingerprint density at radius 2 is 1.90 bits per heavy atom. The van der Waals surface area contributed by atoms with Gasteiger partial charge in [0.25, 0.3) is 0 Å². The average molecular weight is 327 g/mol. The largest absolute Gasteiger partial charge is 0.379 e. The Morgan fingerprint density at radius 3 is 2.35 bits per heavy atom. The van der Waals surface area contributed by atoms with E-state index in [1.165, 1.54) is 0 Å². The first-order chi connectivity index (χ1) is 9.33. The molecule has 1 aliphatic heterocycles. The van der Waals surface area contributed by atoms with Crippen molar-refractivity contribution in [3.05, 3.63) is 0 Å². The Labute approximate surface area is 128 Å². The van der Waals surface area contributed by atoms with Crippen LogP contribution in [-0.2, 0) is 13.8 Å². The quantitative estimate of drug-likeness (QED) is 0.531. The molecular weight excluding hydrogens is 299 g/mol. The van der Waals surface area contributed by atoms with Gasteiger partial charge in [0, 0.05) is 32.1 Å². The van der Waals surface area contributed by atoms with Crippen LogP contribution >= 0.6 is 19.3 Å². The third-order valence-electron chi connectivity index (χ3n) is 2.92. The lowest BCUT2D eigenvalue weighted by atomic mass is 10.2. The molecule has 1 aliphatic rings. The van der Waals surface area contributed by atoms with E-state index in [-0.39, 0.29) is 0 Å². The molecule has 20 heavy (non-hydrogen) atoms. The minimum absolute atomic E-state index is 0.446. The van der Waals surface area contributed by atoms with Crippen LogP contribution in [-0.4, -0.2) is 60.2 Å². The highest BCUT2D eigenvalue weighted by Crippen LogP contribution is 2.57. The van der Waals surface area contributed by atoms with Crippen molar-refractivity contribution in [3.8, 4) is 0 Å². The van der Waals surface area contributed by atoms with Crippen molar-refractivity contribution in [1.29, 1.82) is 0 Å². The van der Waals surface area contributed by atoms with Gasteiger partial charge in [-0.2, -0.15) is 0 Å². The molecule has 120 valence electrons. The van der Waals surface area contributed by atoms with E-state index in [1.54, 1.807) is 0 Å². The summed E-state index contributed by atoms with van der Waals surface area (Å²) in [5, 5.41) is 0. The van der Waals surface area contributed by atoms with Crippen LogP contribution in [0, 0.1) is 0 Å². The van der Waals surface area contributed by atoms with Gasteiger partial charge in [-0.1, -0.05) is 6.92 Å². The van der Waals surface area contributed by atoms with Gasteiger partial charge in [-0.15, -0.1) is 11.6 Å². The lowest BCUT2D eigenvalue weighted by Crippen LogP contribution is -2.42. The first-order valence-corrected chi connectivity index (χ1v) is 9.35. The van der Waals surface area contributed by atoms with Crippen molar-refractivity contribution < 1.29 is 13.8 Å². The Balaban J connectivity index is 2.99. The molecular formula is C13H28ClN2O3P. The van der Waals surface area contributed by atoms with E-state index in [0.717, 1.165) is 13.0 Å². The van der Waals surface area contributed by atoms with E-state index in [2.05, 4.69) is 6.92 Å². The molecule has 5 nitrogen and oxygen atoms in total. The smallest absolute Gasteiger partial charge is 0.346 e. The van der Waals surface area contributed by atoms with Crippen molar-refractivity contribution >= 4 is 19.3 Å². The average Bonchev–Trinajstić information content (AvgIpc) is 2.37. The van der Waals surface area contributed by atoms with Gasteiger partial charge >= 0.3 is 7.67 Å². The maximum Gasteiger partial charge on any atom is 0.346 e. The molecule has 0 amide bonds. The van der Waals surface area contributed by atoms with Crippen LogP contribution < -0.4 is 0 Å². The number of rotatable bonds is 7. The summed E-state index contributed by atoms with van der Waals surface area (Å²) in [5.41, 5.74) is -0.466. The molecule has 0 radical (unpaired) electrons. The number of morpholine rings is 1. The molecule has 0 N–H and O–H groups in total. The summed E-state index contributed by atoms with van der Waals surface area (Å²) in [6.07, 6.45) is 0.915. The minimum atomic E-state index is -3.06. The second-order valence-electron chi connectivity index (χ2n) is 5.90. The number of hydrogen-bond donors (Lipinski definition) is 0. The van der Waals surface area contributed by atoms with Crippen molar-refractivity contribution in [2.75, 3.05) is 45.3 Å². The normalized spacial score (nSPS) is 21.1. The van der Waals surface area contributed by atoms with E-state index in [9.17, 15) is 4.57 Å². The van der Waals surface area contributed by atoms with Crippen LogP contribution in [0.25, 0.3) is 0 Å². The first kappa shape index (κ1) is 18.4. The molecule has 0 aliphatic carbocycles. The van der Waals surface area contributed by atoms with Gasteiger partial charge in [-0.05, 0) is 27.2 Å². The fourth-order valence-electron chi connectivity index (χ4n) is 2.18. The lowest BCUT2D eigenvalue weighted by Gasteiger charge is -2.42. The Morgan fingerprint density at radius 1 is 1.30 bits per heavy atom. The molecule has 0 spiro atoms. The topological polar surface area (TPSA) is 42.0 Å². The molecule has 0 saturated carbocycles. The maximum absolute atomic E-state index is 13.6. The zero-order chi connectivity index (χ0) is 15.2. The summed E-state index contributed by atoms with van der Waals surface area (Å²) in [5.74, 6) is 0.446. The Kier molecular flexibility index (Phi) is 7.47. The van der Waals surface area contributed by atoms with E-state index < -0.39 is 13.3 Å². The third kappa shape index (κ3) is 5.28. The predicted molar refractivity (Wildman–Crippen MR) is 83.4 cm³/mol. The predicted octanol–water partition coefficient (Wildman–Crippen LogP) is 3.19. The van der Waals surface area contributed by atoms with Gasteiger partial charge in [0.15, 0.2) is 0 Å². The molecule has 7 heteroatoms. The first-order valence-electron chi connectivity index (χ1n) is 7.29. The summed E-state index contributed by atoms with van der Waals surface area (Å²) in [6.45, 7) is 11.6. The van der Waals surface area contributed by atoms with Crippen molar-refractivity contribution in [3.63, 3.8) is 0 Å². The Bertz CT molecular complexity index is 324.